The number of halogens is 1. The zero-order valence-electron chi connectivity index (χ0n) is 9.10. The summed E-state index contributed by atoms with van der Waals surface area (Å²) in [7, 11) is -3.60. The Bertz CT molecular complexity index is 486. The van der Waals surface area contributed by atoms with Gasteiger partial charge < -0.3 is 4.74 Å². The molecule has 1 N–H and O–H groups in total. The topological polar surface area (TPSA) is 68.3 Å². The van der Waals surface area contributed by atoms with E-state index in [0.29, 0.717) is 6.61 Å². The molecule has 0 aromatic carbocycles. The molecule has 1 aliphatic heterocycles. The molecule has 1 fully saturated rings. The maximum atomic E-state index is 11.9. The molecule has 2 rings (SSSR count). The van der Waals surface area contributed by atoms with Crippen LogP contribution in [-0.4, -0.2) is 32.7 Å². The maximum absolute atomic E-state index is 11.9. The Balaban J connectivity index is 2.06. The van der Waals surface area contributed by atoms with Crippen LogP contribution in [0.3, 0.4) is 0 Å². The van der Waals surface area contributed by atoms with E-state index in [9.17, 15) is 8.42 Å². The molecule has 1 saturated heterocycles. The molecule has 1 aromatic rings. The fourth-order valence-corrected chi connectivity index (χ4v) is 3.17. The van der Waals surface area contributed by atoms with E-state index in [1.54, 1.807) is 0 Å². The van der Waals surface area contributed by atoms with Gasteiger partial charge in [0, 0.05) is 19.3 Å². The fraction of sp³-hybridized carbons (Fsp3) is 0.500. The van der Waals surface area contributed by atoms with Gasteiger partial charge in [-0.3, -0.25) is 0 Å². The number of hydrogen-bond donors (Lipinski definition) is 1. The Hall–Kier alpha value is -0.690. The lowest BCUT2D eigenvalue weighted by Gasteiger charge is -2.11. The number of nitrogens with zero attached hydrogens (tertiary/aromatic N) is 1. The highest BCUT2D eigenvalue weighted by Crippen LogP contribution is 2.18. The lowest BCUT2D eigenvalue weighted by Crippen LogP contribution is -2.32. The first-order valence-corrected chi connectivity index (χ1v) is 7.17. The van der Waals surface area contributed by atoms with Crippen LogP contribution in [0.2, 0.25) is 5.15 Å². The van der Waals surface area contributed by atoms with Crippen LogP contribution in [0.4, 0.5) is 0 Å². The third-order valence-electron chi connectivity index (χ3n) is 2.54. The van der Waals surface area contributed by atoms with E-state index >= 15 is 0 Å². The van der Waals surface area contributed by atoms with Crippen LogP contribution < -0.4 is 4.72 Å². The van der Waals surface area contributed by atoms with Gasteiger partial charge in [-0.05, 0) is 25.0 Å². The summed E-state index contributed by atoms with van der Waals surface area (Å²) < 4.78 is 31.7. The summed E-state index contributed by atoms with van der Waals surface area (Å²) >= 11 is 5.74. The van der Waals surface area contributed by atoms with E-state index in [1.807, 2.05) is 0 Å². The normalized spacial score (nSPS) is 20.6. The Morgan fingerprint density at radius 3 is 3.06 bits per heavy atom. The maximum Gasteiger partial charge on any atom is 0.243 e. The molecule has 0 spiro atoms. The molecule has 0 radical (unpaired) electrons. The standard InChI is InChI=1S/C10H13ClN2O3S/c11-10-9(4-1-5-12-10)17(14,15)13-7-8-3-2-6-16-8/h1,4-5,8,13H,2-3,6-7H2. The molecule has 7 heteroatoms. The zero-order chi connectivity index (χ0) is 12.3. The first-order valence-electron chi connectivity index (χ1n) is 5.31. The molecule has 1 unspecified atom stereocenters. The predicted octanol–water partition coefficient (Wildman–Crippen LogP) is 1.19. The van der Waals surface area contributed by atoms with Crippen molar-refractivity contribution in [1.29, 1.82) is 0 Å². The minimum absolute atomic E-state index is 0.000311. The van der Waals surface area contributed by atoms with Gasteiger partial charge in [0.05, 0.1) is 6.10 Å². The smallest absolute Gasteiger partial charge is 0.243 e. The van der Waals surface area contributed by atoms with Crippen molar-refractivity contribution in [2.45, 2.75) is 23.8 Å². The van der Waals surface area contributed by atoms with Crippen molar-refractivity contribution in [3.05, 3.63) is 23.5 Å². The van der Waals surface area contributed by atoms with Crippen molar-refractivity contribution >= 4 is 21.6 Å². The summed E-state index contributed by atoms with van der Waals surface area (Å²) in [6.07, 6.45) is 3.25. The van der Waals surface area contributed by atoms with Gasteiger partial charge in [0.25, 0.3) is 0 Å². The predicted molar refractivity (Wildman–Crippen MR) is 63.4 cm³/mol. The number of pyridine rings is 1. The van der Waals surface area contributed by atoms with E-state index < -0.39 is 10.0 Å². The minimum Gasteiger partial charge on any atom is -0.377 e. The number of aromatic nitrogens is 1. The quantitative estimate of drug-likeness (QED) is 0.839. The fourth-order valence-electron chi connectivity index (χ4n) is 1.66. The molecule has 2 heterocycles. The Morgan fingerprint density at radius 1 is 1.59 bits per heavy atom. The monoisotopic (exact) mass is 276 g/mol. The zero-order valence-corrected chi connectivity index (χ0v) is 10.7. The first kappa shape index (κ1) is 12.8. The van der Waals surface area contributed by atoms with Crippen LogP contribution in [0.1, 0.15) is 12.8 Å². The van der Waals surface area contributed by atoms with Crippen LogP contribution in [0, 0.1) is 0 Å². The molecular weight excluding hydrogens is 264 g/mol. The molecule has 94 valence electrons. The van der Waals surface area contributed by atoms with Crippen molar-refractivity contribution in [2.24, 2.45) is 0 Å². The van der Waals surface area contributed by atoms with Crippen molar-refractivity contribution < 1.29 is 13.2 Å². The van der Waals surface area contributed by atoms with Crippen LogP contribution in [0.25, 0.3) is 0 Å². The van der Waals surface area contributed by atoms with E-state index in [0.717, 1.165) is 12.8 Å². The second kappa shape index (κ2) is 5.30. The molecule has 0 saturated carbocycles. The Labute approximate surface area is 105 Å². The van der Waals surface area contributed by atoms with E-state index in [1.165, 1.54) is 18.3 Å². The number of rotatable bonds is 4. The Kier molecular flexibility index (Phi) is 3.98. The van der Waals surface area contributed by atoms with E-state index in [-0.39, 0.29) is 22.7 Å². The lowest BCUT2D eigenvalue weighted by molar-refractivity contribution is 0.114. The molecule has 17 heavy (non-hydrogen) atoms. The van der Waals surface area contributed by atoms with Crippen LogP contribution in [0.5, 0.6) is 0 Å². The van der Waals surface area contributed by atoms with Gasteiger partial charge in [-0.25, -0.2) is 18.1 Å². The van der Waals surface area contributed by atoms with Crippen LogP contribution in [0.15, 0.2) is 23.2 Å². The molecule has 0 bridgehead atoms. The lowest BCUT2D eigenvalue weighted by atomic mass is 10.2. The molecule has 1 atom stereocenters. The highest BCUT2D eigenvalue weighted by Gasteiger charge is 2.22. The summed E-state index contributed by atoms with van der Waals surface area (Å²) in [6, 6.07) is 2.96. The van der Waals surface area contributed by atoms with E-state index in [4.69, 9.17) is 16.3 Å². The third-order valence-corrected chi connectivity index (χ3v) is 4.41. The minimum atomic E-state index is -3.60. The van der Waals surface area contributed by atoms with Crippen molar-refractivity contribution in [1.82, 2.24) is 9.71 Å². The average Bonchev–Trinajstić information content (AvgIpc) is 2.80. The largest absolute Gasteiger partial charge is 0.377 e. The van der Waals surface area contributed by atoms with Gasteiger partial charge in [-0.15, -0.1) is 0 Å². The van der Waals surface area contributed by atoms with Crippen molar-refractivity contribution in [3.63, 3.8) is 0 Å². The van der Waals surface area contributed by atoms with Crippen molar-refractivity contribution in [3.8, 4) is 0 Å². The van der Waals surface area contributed by atoms with Crippen molar-refractivity contribution in [2.75, 3.05) is 13.2 Å². The number of sulfonamides is 1. The molecule has 1 aromatic heterocycles. The highest BCUT2D eigenvalue weighted by atomic mass is 35.5. The third kappa shape index (κ3) is 3.16. The van der Waals surface area contributed by atoms with Crippen LogP contribution in [-0.2, 0) is 14.8 Å². The van der Waals surface area contributed by atoms with Crippen LogP contribution >= 0.6 is 11.6 Å². The summed E-state index contributed by atoms with van der Waals surface area (Å²) in [5.41, 5.74) is 0. The summed E-state index contributed by atoms with van der Waals surface area (Å²) in [4.78, 5) is 3.74. The van der Waals surface area contributed by atoms with E-state index in [2.05, 4.69) is 9.71 Å². The molecule has 0 amide bonds. The summed E-state index contributed by atoms with van der Waals surface area (Å²) in [6.45, 7) is 0.966. The van der Waals surface area contributed by atoms with Gasteiger partial charge in [-0.1, -0.05) is 11.6 Å². The summed E-state index contributed by atoms with van der Waals surface area (Å²) in [5, 5.41) is -0.0210. The molecular formula is C10H13ClN2O3S. The molecule has 0 aliphatic carbocycles. The molecule has 1 aliphatic rings. The van der Waals surface area contributed by atoms with Gasteiger partial charge in [0.2, 0.25) is 10.0 Å². The first-order chi connectivity index (χ1) is 8.09. The second-order valence-corrected chi connectivity index (χ2v) is 5.87. The highest BCUT2D eigenvalue weighted by molar-refractivity contribution is 7.89. The Morgan fingerprint density at radius 2 is 2.41 bits per heavy atom. The average molecular weight is 277 g/mol. The number of nitrogens with one attached hydrogen (secondary N) is 1. The number of hydrogen-bond acceptors (Lipinski definition) is 4. The molecule has 5 nitrogen and oxygen atoms in total. The van der Waals surface area contributed by atoms with Gasteiger partial charge >= 0.3 is 0 Å². The van der Waals surface area contributed by atoms with Gasteiger partial charge in [-0.2, -0.15) is 0 Å². The van der Waals surface area contributed by atoms with Gasteiger partial charge in [0.15, 0.2) is 0 Å². The SMILES string of the molecule is O=S(=O)(NCC1CCCO1)c1cccnc1Cl. The van der Waals surface area contributed by atoms with Gasteiger partial charge in [0.1, 0.15) is 10.0 Å². The summed E-state index contributed by atoms with van der Waals surface area (Å²) in [5.74, 6) is 0. The second-order valence-electron chi connectivity index (χ2n) is 3.78. The number of ether oxygens (including phenoxy) is 1.